The van der Waals surface area contributed by atoms with Gasteiger partial charge in [-0.25, -0.2) is 4.79 Å². The molecule has 1 heterocycles. The lowest BCUT2D eigenvalue weighted by molar-refractivity contribution is -0.153. The fourth-order valence-corrected chi connectivity index (χ4v) is 2.65. The number of nitrogens with zero attached hydrogens (tertiary/aromatic N) is 1. The standard InChI is InChI=1S/C15H20N2O3/c1-2-10(8-16)14(18)17-9-12-6-4-3-5-11(12)7-13(17)15(19)20/h3-6,10,13H,2,7-9,16H2,1H3,(H,19,20)/t10?,13-/m1/s1. The first kappa shape index (κ1) is 14.5. The van der Waals surface area contributed by atoms with Gasteiger partial charge in [-0.15, -0.1) is 0 Å². The summed E-state index contributed by atoms with van der Waals surface area (Å²) in [4.78, 5) is 25.4. The van der Waals surface area contributed by atoms with Gasteiger partial charge in [-0.3, -0.25) is 4.79 Å². The van der Waals surface area contributed by atoms with Crippen molar-refractivity contribution in [3.05, 3.63) is 35.4 Å². The highest BCUT2D eigenvalue weighted by atomic mass is 16.4. The van der Waals surface area contributed by atoms with E-state index < -0.39 is 12.0 Å². The first-order valence-corrected chi connectivity index (χ1v) is 6.88. The molecule has 0 aromatic heterocycles. The van der Waals surface area contributed by atoms with E-state index in [4.69, 9.17) is 5.73 Å². The van der Waals surface area contributed by atoms with E-state index in [0.29, 0.717) is 19.4 Å². The molecule has 2 rings (SSSR count). The second kappa shape index (κ2) is 6.05. The number of rotatable bonds is 4. The summed E-state index contributed by atoms with van der Waals surface area (Å²) in [5, 5.41) is 9.39. The number of amides is 1. The number of aliphatic carboxylic acids is 1. The molecular weight excluding hydrogens is 256 g/mol. The Morgan fingerprint density at radius 2 is 2.05 bits per heavy atom. The third kappa shape index (κ3) is 2.67. The summed E-state index contributed by atoms with van der Waals surface area (Å²) in [5.74, 6) is -1.42. The minimum absolute atomic E-state index is 0.156. The minimum atomic E-state index is -0.959. The number of carboxylic acids is 1. The number of hydrogen-bond donors (Lipinski definition) is 2. The van der Waals surface area contributed by atoms with Crippen LogP contribution >= 0.6 is 0 Å². The summed E-state index contributed by atoms with van der Waals surface area (Å²) < 4.78 is 0. The molecule has 0 bridgehead atoms. The van der Waals surface area contributed by atoms with Crippen LogP contribution in [0.5, 0.6) is 0 Å². The van der Waals surface area contributed by atoms with E-state index in [1.165, 1.54) is 4.90 Å². The summed E-state index contributed by atoms with van der Waals surface area (Å²) in [6.07, 6.45) is 0.984. The van der Waals surface area contributed by atoms with Crippen LogP contribution < -0.4 is 5.73 Å². The van der Waals surface area contributed by atoms with E-state index >= 15 is 0 Å². The number of carbonyl (C=O) groups excluding carboxylic acids is 1. The molecule has 3 N–H and O–H groups in total. The first-order valence-electron chi connectivity index (χ1n) is 6.88. The first-order chi connectivity index (χ1) is 9.58. The number of carbonyl (C=O) groups is 2. The van der Waals surface area contributed by atoms with Crippen molar-refractivity contribution in [2.45, 2.75) is 32.4 Å². The molecule has 0 aliphatic carbocycles. The van der Waals surface area contributed by atoms with Crippen LogP contribution in [0.2, 0.25) is 0 Å². The summed E-state index contributed by atoms with van der Waals surface area (Å²) in [6, 6.07) is 6.87. The molecule has 5 heteroatoms. The van der Waals surface area contributed by atoms with Gasteiger partial charge in [0.1, 0.15) is 6.04 Å². The average Bonchev–Trinajstić information content (AvgIpc) is 2.46. The van der Waals surface area contributed by atoms with Gasteiger partial charge < -0.3 is 15.7 Å². The SMILES string of the molecule is CCC(CN)C(=O)N1Cc2ccccc2C[C@@H]1C(=O)O. The van der Waals surface area contributed by atoms with Crippen molar-refractivity contribution < 1.29 is 14.7 Å². The number of fused-ring (bicyclic) bond motifs is 1. The topological polar surface area (TPSA) is 83.6 Å². The van der Waals surface area contributed by atoms with Crippen LogP contribution in [0, 0.1) is 5.92 Å². The molecule has 20 heavy (non-hydrogen) atoms. The zero-order valence-electron chi connectivity index (χ0n) is 11.6. The molecule has 0 spiro atoms. The molecule has 0 saturated heterocycles. The lowest BCUT2D eigenvalue weighted by atomic mass is 9.92. The van der Waals surface area contributed by atoms with Gasteiger partial charge >= 0.3 is 5.97 Å². The Morgan fingerprint density at radius 1 is 1.40 bits per heavy atom. The van der Waals surface area contributed by atoms with Crippen LogP contribution in [0.4, 0.5) is 0 Å². The van der Waals surface area contributed by atoms with Gasteiger partial charge in [0.25, 0.3) is 0 Å². The van der Waals surface area contributed by atoms with Crippen LogP contribution in [0.1, 0.15) is 24.5 Å². The van der Waals surface area contributed by atoms with Gasteiger partial charge in [-0.1, -0.05) is 31.2 Å². The largest absolute Gasteiger partial charge is 0.480 e. The minimum Gasteiger partial charge on any atom is -0.480 e. The molecule has 1 aliphatic heterocycles. The van der Waals surface area contributed by atoms with E-state index in [2.05, 4.69) is 0 Å². The molecule has 1 aromatic rings. The van der Waals surface area contributed by atoms with Gasteiger partial charge in [-0.2, -0.15) is 0 Å². The quantitative estimate of drug-likeness (QED) is 0.859. The molecule has 5 nitrogen and oxygen atoms in total. The maximum atomic E-state index is 12.5. The van der Waals surface area contributed by atoms with Crippen LogP contribution in [-0.4, -0.2) is 34.5 Å². The lowest BCUT2D eigenvalue weighted by Gasteiger charge is -2.36. The molecule has 2 atom stereocenters. The molecule has 0 saturated carbocycles. The molecule has 1 aromatic carbocycles. The van der Waals surface area contributed by atoms with E-state index in [-0.39, 0.29) is 18.4 Å². The normalized spacial score (nSPS) is 19.3. The Kier molecular flexibility index (Phi) is 4.39. The maximum absolute atomic E-state index is 12.5. The Hall–Kier alpha value is -1.88. The number of hydrogen-bond acceptors (Lipinski definition) is 3. The van der Waals surface area contributed by atoms with E-state index in [1.54, 1.807) is 0 Å². The summed E-state index contributed by atoms with van der Waals surface area (Å²) >= 11 is 0. The van der Waals surface area contributed by atoms with Crippen molar-refractivity contribution in [1.29, 1.82) is 0 Å². The maximum Gasteiger partial charge on any atom is 0.326 e. The third-order valence-electron chi connectivity index (χ3n) is 3.94. The Morgan fingerprint density at radius 3 is 2.60 bits per heavy atom. The second-order valence-electron chi connectivity index (χ2n) is 5.13. The molecule has 1 amide bonds. The molecule has 1 aliphatic rings. The smallest absolute Gasteiger partial charge is 0.326 e. The van der Waals surface area contributed by atoms with Gasteiger partial charge in [0.05, 0.1) is 5.92 Å². The molecule has 108 valence electrons. The Bertz CT molecular complexity index is 512. The van der Waals surface area contributed by atoms with E-state index in [9.17, 15) is 14.7 Å². The van der Waals surface area contributed by atoms with Crippen molar-refractivity contribution in [2.75, 3.05) is 6.54 Å². The van der Waals surface area contributed by atoms with Gasteiger partial charge in [0, 0.05) is 19.5 Å². The van der Waals surface area contributed by atoms with Crippen LogP contribution in [0.25, 0.3) is 0 Å². The van der Waals surface area contributed by atoms with E-state index in [1.807, 2.05) is 31.2 Å². The predicted octanol–water partition coefficient (Wildman–Crippen LogP) is 1.01. The number of benzene rings is 1. The van der Waals surface area contributed by atoms with Gasteiger partial charge in [-0.05, 0) is 17.5 Å². The molecule has 1 unspecified atom stereocenters. The third-order valence-corrected chi connectivity index (χ3v) is 3.94. The fourth-order valence-electron chi connectivity index (χ4n) is 2.65. The van der Waals surface area contributed by atoms with Crippen LogP contribution in [0.3, 0.4) is 0 Å². The Labute approximate surface area is 118 Å². The average molecular weight is 276 g/mol. The zero-order chi connectivity index (χ0) is 14.7. The van der Waals surface area contributed by atoms with E-state index in [0.717, 1.165) is 11.1 Å². The van der Waals surface area contributed by atoms with Crippen molar-refractivity contribution in [2.24, 2.45) is 11.7 Å². The van der Waals surface area contributed by atoms with Crippen molar-refractivity contribution in [3.8, 4) is 0 Å². The highest BCUT2D eigenvalue weighted by Crippen LogP contribution is 2.25. The van der Waals surface area contributed by atoms with Gasteiger partial charge in [0.15, 0.2) is 0 Å². The molecule has 0 radical (unpaired) electrons. The number of nitrogens with two attached hydrogens (primary N) is 1. The van der Waals surface area contributed by atoms with Crippen molar-refractivity contribution in [3.63, 3.8) is 0 Å². The van der Waals surface area contributed by atoms with Crippen molar-refractivity contribution >= 4 is 11.9 Å². The second-order valence-corrected chi connectivity index (χ2v) is 5.13. The van der Waals surface area contributed by atoms with Crippen molar-refractivity contribution in [1.82, 2.24) is 4.90 Å². The fraction of sp³-hybridized carbons (Fsp3) is 0.467. The summed E-state index contributed by atoms with van der Waals surface area (Å²) in [6.45, 7) is 2.49. The molecular formula is C15H20N2O3. The summed E-state index contributed by atoms with van der Waals surface area (Å²) in [5.41, 5.74) is 7.64. The van der Waals surface area contributed by atoms with Crippen LogP contribution in [0.15, 0.2) is 24.3 Å². The predicted molar refractivity (Wildman–Crippen MR) is 75.0 cm³/mol. The lowest BCUT2D eigenvalue weighted by Crippen LogP contribution is -2.51. The molecule has 0 fully saturated rings. The number of carboxylic acid groups (broad SMARTS) is 1. The van der Waals surface area contributed by atoms with Gasteiger partial charge in [0.2, 0.25) is 5.91 Å². The highest BCUT2D eigenvalue weighted by Gasteiger charge is 2.36. The highest BCUT2D eigenvalue weighted by molar-refractivity contribution is 5.86. The zero-order valence-corrected chi connectivity index (χ0v) is 11.6. The summed E-state index contributed by atoms with van der Waals surface area (Å²) in [7, 11) is 0. The Balaban J connectivity index is 2.31. The van der Waals surface area contributed by atoms with Crippen LogP contribution in [-0.2, 0) is 22.6 Å². The monoisotopic (exact) mass is 276 g/mol.